The lowest BCUT2D eigenvalue weighted by molar-refractivity contribution is 0.615. The fourth-order valence-electron chi connectivity index (χ4n) is 1.97. The normalized spacial score (nSPS) is 9.46. The van der Waals surface area contributed by atoms with Crippen LogP contribution in [0.15, 0.2) is 43.1 Å². The van der Waals surface area contributed by atoms with Gasteiger partial charge in [-0.2, -0.15) is 0 Å². The summed E-state index contributed by atoms with van der Waals surface area (Å²) in [5.74, 6) is -0.361. The number of thiocarbonyl (C=S) groups is 1. The Morgan fingerprint density at radius 1 is 1.23 bits per heavy atom. The summed E-state index contributed by atoms with van der Waals surface area (Å²) >= 11 is 4.94. The summed E-state index contributed by atoms with van der Waals surface area (Å²) in [4.78, 5) is 4.59. The topological polar surface area (TPSA) is 60.6 Å². The lowest BCUT2D eigenvalue weighted by atomic mass is 10.2. The maximum atomic E-state index is 14.2. The van der Waals surface area contributed by atoms with E-state index in [-0.39, 0.29) is 5.82 Å². The van der Waals surface area contributed by atoms with Crippen molar-refractivity contribution in [3.05, 3.63) is 54.6 Å². The molecule has 0 bridgehead atoms. The smallest absolute Gasteiger partial charge is 0.149 e. The highest BCUT2D eigenvalue weighted by molar-refractivity contribution is 7.80. The molecular weight excluding hydrogens is 351 g/mol. The van der Waals surface area contributed by atoms with E-state index in [2.05, 4.69) is 20.6 Å². The first-order valence-electron chi connectivity index (χ1n) is 8.57. The summed E-state index contributed by atoms with van der Waals surface area (Å²) in [5.41, 5.74) is 1.75. The van der Waals surface area contributed by atoms with Crippen molar-refractivity contribution in [3.63, 3.8) is 0 Å². The molecule has 0 spiro atoms. The average Bonchev–Trinajstić information content (AvgIpc) is 3.35. The van der Waals surface area contributed by atoms with Crippen molar-refractivity contribution in [2.45, 2.75) is 41.2 Å². The third-order valence-corrected chi connectivity index (χ3v) is 3.18. The average molecular weight is 377 g/mol. The number of halogens is 1. The lowest BCUT2D eigenvalue weighted by Gasteiger charge is -2.06. The van der Waals surface area contributed by atoms with E-state index in [1.165, 1.54) is 10.7 Å². The number of rotatable bonds is 4. The highest BCUT2D eigenvalue weighted by Gasteiger charge is 2.08. The van der Waals surface area contributed by atoms with Crippen molar-refractivity contribution < 1.29 is 4.39 Å². The Morgan fingerprint density at radius 3 is 2.54 bits per heavy atom. The van der Waals surface area contributed by atoms with Crippen LogP contribution in [-0.2, 0) is 6.54 Å². The number of hydrogen-bond donors (Lipinski definition) is 1. The van der Waals surface area contributed by atoms with Gasteiger partial charge in [-0.15, -0.1) is 5.10 Å². The van der Waals surface area contributed by atoms with E-state index in [0.29, 0.717) is 22.9 Å². The van der Waals surface area contributed by atoms with Gasteiger partial charge in [0.1, 0.15) is 11.5 Å². The minimum atomic E-state index is -0.361. The number of aromatic nitrogens is 5. The monoisotopic (exact) mass is 376 g/mol. The Morgan fingerprint density at radius 2 is 1.96 bits per heavy atom. The van der Waals surface area contributed by atoms with Crippen LogP contribution < -0.4 is 5.32 Å². The number of imidazole rings is 1. The van der Waals surface area contributed by atoms with E-state index in [9.17, 15) is 4.39 Å². The van der Waals surface area contributed by atoms with Crippen molar-refractivity contribution in [2.24, 2.45) is 0 Å². The summed E-state index contributed by atoms with van der Waals surface area (Å²) < 4.78 is 17.4. The Labute approximate surface area is 159 Å². The van der Waals surface area contributed by atoms with Gasteiger partial charge in [-0.25, -0.2) is 14.1 Å². The summed E-state index contributed by atoms with van der Waals surface area (Å²) in [6, 6.07) is 4.85. The largest absolute Gasteiger partial charge is 0.374 e. The van der Waals surface area contributed by atoms with Crippen LogP contribution in [0.4, 0.5) is 4.39 Å². The Balaban J connectivity index is 0.000000791. The fraction of sp³-hybridized carbons (Fsp3) is 0.333. The highest BCUT2D eigenvalue weighted by Crippen LogP contribution is 2.17. The number of nitrogens with zero attached hydrogens (tertiary/aromatic N) is 5. The van der Waals surface area contributed by atoms with Gasteiger partial charge < -0.3 is 9.88 Å². The SMILES string of the molecule is CC.CC.CC(=S)NCc1cn(-c2ccc(-n3ccnc3)c(F)c2)nn1. The molecular formula is C18H25FN6S. The van der Waals surface area contributed by atoms with Crippen LogP contribution in [0.3, 0.4) is 0 Å². The van der Waals surface area contributed by atoms with Gasteiger partial charge in [-0.3, -0.25) is 0 Å². The Kier molecular flexibility index (Phi) is 9.14. The molecule has 0 aliphatic rings. The molecule has 0 unspecified atom stereocenters. The summed E-state index contributed by atoms with van der Waals surface area (Å²) in [5, 5.41) is 11.0. The first-order valence-corrected chi connectivity index (χ1v) is 8.98. The second-order valence-electron chi connectivity index (χ2n) is 4.67. The Hall–Kier alpha value is -2.61. The molecule has 6 nitrogen and oxygen atoms in total. The van der Waals surface area contributed by atoms with Gasteiger partial charge in [0, 0.05) is 18.5 Å². The molecule has 3 aromatic rings. The Bertz CT molecular complexity index is 798. The van der Waals surface area contributed by atoms with Crippen LogP contribution in [0.25, 0.3) is 11.4 Å². The molecule has 0 aliphatic heterocycles. The van der Waals surface area contributed by atoms with Crippen LogP contribution in [0, 0.1) is 5.82 Å². The zero-order chi connectivity index (χ0) is 19.5. The zero-order valence-electron chi connectivity index (χ0n) is 15.8. The predicted molar refractivity (Wildman–Crippen MR) is 106 cm³/mol. The van der Waals surface area contributed by atoms with Crippen molar-refractivity contribution in [1.82, 2.24) is 29.9 Å². The van der Waals surface area contributed by atoms with Gasteiger partial charge >= 0.3 is 0 Å². The molecule has 0 atom stereocenters. The summed E-state index contributed by atoms with van der Waals surface area (Å²) in [6.45, 7) is 10.3. The van der Waals surface area contributed by atoms with E-state index in [0.717, 1.165) is 5.69 Å². The predicted octanol–water partition coefficient (Wildman–Crippen LogP) is 4.08. The third-order valence-electron chi connectivity index (χ3n) is 3.04. The molecule has 140 valence electrons. The van der Waals surface area contributed by atoms with E-state index in [1.807, 2.05) is 27.7 Å². The molecule has 0 aliphatic carbocycles. The second kappa shape index (κ2) is 11.1. The fourth-order valence-corrected chi connectivity index (χ4v) is 2.04. The van der Waals surface area contributed by atoms with Crippen molar-refractivity contribution in [1.29, 1.82) is 0 Å². The molecule has 2 aromatic heterocycles. The molecule has 0 fully saturated rings. The quantitative estimate of drug-likeness (QED) is 0.695. The number of hydrogen-bond acceptors (Lipinski definition) is 4. The number of benzene rings is 1. The van der Waals surface area contributed by atoms with Gasteiger partial charge in [-0.05, 0) is 19.1 Å². The van der Waals surface area contributed by atoms with E-state index in [1.54, 1.807) is 48.5 Å². The molecule has 0 radical (unpaired) electrons. The van der Waals surface area contributed by atoms with E-state index < -0.39 is 0 Å². The molecule has 1 N–H and O–H groups in total. The van der Waals surface area contributed by atoms with E-state index >= 15 is 0 Å². The van der Waals surface area contributed by atoms with Crippen molar-refractivity contribution in [2.75, 3.05) is 0 Å². The van der Waals surface area contributed by atoms with Crippen LogP contribution in [0.1, 0.15) is 40.3 Å². The highest BCUT2D eigenvalue weighted by atomic mass is 32.1. The number of nitrogens with one attached hydrogen (secondary N) is 1. The summed E-state index contributed by atoms with van der Waals surface area (Å²) in [6.07, 6.45) is 6.56. The molecule has 8 heteroatoms. The maximum Gasteiger partial charge on any atom is 0.149 e. The van der Waals surface area contributed by atoms with Crippen molar-refractivity contribution >= 4 is 17.2 Å². The second-order valence-corrected chi connectivity index (χ2v) is 5.28. The van der Waals surface area contributed by atoms with Crippen LogP contribution >= 0.6 is 12.2 Å². The first kappa shape index (κ1) is 21.4. The lowest BCUT2D eigenvalue weighted by Crippen LogP contribution is -2.17. The molecule has 0 amide bonds. The molecule has 0 saturated heterocycles. The molecule has 3 rings (SSSR count). The molecule has 2 heterocycles. The summed E-state index contributed by atoms with van der Waals surface area (Å²) in [7, 11) is 0. The molecule has 1 aromatic carbocycles. The minimum absolute atomic E-state index is 0.361. The molecule has 26 heavy (non-hydrogen) atoms. The van der Waals surface area contributed by atoms with Gasteiger partial charge in [0.05, 0.1) is 35.4 Å². The van der Waals surface area contributed by atoms with E-state index in [4.69, 9.17) is 12.2 Å². The van der Waals surface area contributed by atoms with Crippen LogP contribution in [0.5, 0.6) is 0 Å². The van der Waals surface area contributed by atoms with Crippen molar-refractivity contribution in [3.8, 4) is 11.4 Å². The maximum absolute atomic E-state index is 14.2. The zero-order valence-corrected chi connectivity index (χ0v) is 16.6. The first-order chi connectivity index (χ1) is 12.6. The third kappa shape index (κ3) is 5.73. The van der Waals surface area contributed by atoms with Crippen LogP contribution in [-0.4, -0.2) is 29.5 Å². The van der Waals surface area contributed by atoms with Gasteiger partial charge in [0.25, 0.3) is 0 Å². The van der Waals surface area contributed by atoms with Crippen LogP contribution in [0.2, 0.25) is 0 Å². The van der Waals surface area contributed by atoms with Gasteiger partial charge in [0.2, 0.25) is 0 Å². The van der Waals surface area contributed by atoms with Gasteiger partial charge in [0.15, 0.2) is 0 Å². The minimum Gasteiger partial charge on any atom is -0.374 e. The standard InChI is InChI=1S/C14H13FN6S.2C2H6/c1-10(22)17-7-11-8-21(19-18-11)12-2-3-14(13(15)6-12)20-5-4-16-9-20;2*1-2/h2-6,8-9H,7H2,1H3,(H,17,22);2*1-2H3. The molecule has 0 saturated carbocycles. The van der Waals surface area contributed by atoms with Gasteiger partial charge in [-0.1, -0.05) is 45.1 Å².